The van der Waals surface area contributed by atoms with E-state index >= 15 is 0 Å². The minimum absolute atomic E-state index is 0. The average molecular weight is 1680 g/mol. The van der Waals surface area contributed by atoms with E-state index in [0.717, 1.165) is 116 Å². The van der Waals surface area contributed by atoms with Gasteiger partial charge in [-0.25, -0.2) is 0 Å². The number of rotatable bonds is 19. The number of hydrogen-bond acceptors (Lipinski definition) is 6. The van der Waals surface area contributed by atoms with Crippen molar-refractivity contribution < 1.29 is 0 Å². The highest BCUT2D eigenvalue weighted by Gasteiger charge is 2.23. The van der Waals surface area contributed by atoms with Crippen LogP contribution in [0, 0.1) is 13.8 Å². The predicted octanol–water partition coefficient (Wildman–Crippen LogP) is 33.5. The SMILES string of the molecule is Brc1cc(N(c2ccccc2)c2ccccc2)cc(N(c2ccccc2)c2ccc3cc(-c4ccccc4)ccc3c2)c1.Brc1cc(N(c2ccccc2)c2ccccc2)cc(N(c2ccccc2)c2ccccc2)c1.C.C.C.Cc1ccc(N(c2ccc(C)cc2)c2cc(Br)cc(N(c3ccccc3)c3ccccc3)c2)cc1. The molecule has 0 unspecified atom stereocenters. The van der Waals surface area contributed by atoms with Crippen molar-refractivity contribution >= 4 is 161 Å². The number of aryl methyl sites for hydroxylation is 2. The zero-order valence-electron chi connectivity index (χ0n) is 61.5. The van der Waals surface area contributed by atoms with Crippen LogP contribution in [0.2, 0.25) is 0 Å². The molecule has 6 nitrogen and oxygen atoms in total. The van der Waals surface area contributed by atoms with Crippen LogP contribution in [0.15, 0.2) is 456 Å². The van der Waals surface area contributed by atoms with Crippen LogP contribution >= 0.6 is 47.8 Å². The van der Waals surface area contributed by atoms with Gasteiger partial charge in [0.1, 0.15) is 0 Å². The molecule has 17 rings (SSSR count). The molecule has 0 radical (unpaired) electrons. The molecule has 0 bridgehead atoms. The molecule has 114 heavy (non-hydrogen) atoms. The fourth-order valence-corrected chi connectivity index (χ4v) is 15.3. The Morgan fingerprint density at radius 1 is 0.149 bits per heavy atom. The summed E-state index contributed by atoms with van der Waals surface area (Å²) >= 11 is 11.5. The van der Waals surface area contributed by atoms with Gasteiger partial charge in [0, 0.05) is 116 Å². The Balaban J connectivity index is 0.000000158. The molecule has 0 aromatic heterocycles. The summed E-state index contributed by atoms with van der Waals surface area (Å²) in [5.41, 5.74) is 24.7. The monoisotopic (exact) mass is 1670 g/mol. The molecule has 0 fully saturated rings. The molecule has 17 aromatic rings. The first-order chi connectivity index (χ1) is 54.6. The first kappa shape index (κ1) is 80.7. The van der Waals surface area contributed by atoms with E-state index < -0.39 is 0 Å². The second-order valence-corrected chi connectivity index (χ2v) is 29.6. The summed E-state index contributed by atoms with van der Waals surface area (Å²) in [4.78, 5) is 13.8. The van der Waals surface area contributed by atoms with E-state index in [1.54, 1.807) is 0 Å². The molecule has 0 aliphatic carbocycles. The second kappa shape index (κ2) is 38.9. The van der Waals surface area contributed by atoms with E-state index in [1.807, 2.05) is 24.3 Å². The van der Waals surface area contributed by atoms with E-state index in [2.05, 4.69) is 510 Å². The van der Waals surface area contributed by atoms with E-state index in [9.17, 15) is 0 Å². The van der Waals surface area contributed by atoms with E-state index in [-0.39, 0.29) is 22.3 Å². The Bertz CT molecular complexity index is 5520. The minimum atomic E-state index is 0. The molecule has 0 aliphatic heterocycles. The van der Waals surface area contributed by atoms with Crippen molar-refractivity contribution in [3.8, 4) is 11.1 Å². The van der Waals surface area contributed by atoms with E-state index in [4.69, 9.17) is 0 Å². The topological polar surface area (TPSA) is 19.4 Å². The molecule has 0 amide bonds. The Hall–Kier alpha value is -12.8. The van der Waals surface area contributed by atoms with Crippen molar-refractivity contribution in [1.29, 1.82) is 0 Å². The predicted molar refractivity (Wildman–Crippen MR) is 503 cm³/mol. The number of fused-ring (bicyclic) bond motifs is 1. The number of para-hydroxylation sites is 9. The highest BCUT2D eigenvalue weighted by atomic mass is 79.9. The minimum Gasteiger partial charge on any atom is -0.310 e. The van der Waals surface area contributed by atoms with Crippen LogP contribution in [0.3, 0.4) is 0 Å². The number of nitrogens with zero attached hydrogens (tertiary/aromatic N) is 6. The largest absolute Gasteiger partial charge is 0.310 e. The van der Waals surface area contributed by atoms with Gasteiger partial charge in [0.05, 0.1) is 0 Å². The molecule has 562 valence electrons. The molecule has 0 atom stereocenters. The lowest BCUT2D eigenvalue weighted by Crippen LogP contribution is -2.13. The highest BCUT2D eigenvalue weighted by molar-refractivity contribution is 9.11. The van der Waals surface area contributed by atoms with Gasteiger partial charge >= 0.3 is 0 Å². The Labute approximate surface area is 699 Å². The van der Waals surface area contributed by atoms with Gasteiger partial charge in [0.25, 0.3) is 0 Å². The summed E-state index contributed by atoms with van der Waals surface area (Å²) in [6.07, 6.45) is 0. The van der Waals surface area contributed by atoms with Crippen molar-refractivity contribution in [3.05, 3.63) is 467 Å². The quantitative estimate of drug-likeness (QED) is 0.0798. The van der Waals surface area contributed by atoms with Gasteiger partial charge in [-0.05, 0) is 242 Å². The zero-order chi connectivity index (χ0) is 75.7. The summed E-state index contributed by atoms with van der Waals surface area (Å²) in [6, 6.07) is 156. The lowest BCUT2D eigenvalue weighted by atomic mass is 10.0. The molecular formula is C105H91Br3N6. The first-order valence-electron chi connectivity index (χ1n) is 37.0. The first-order valence-corrected chi connectivity index (χ1v) is 39.4. The maximum atomic E-state index is 3.86. The number of halogens is 3. The van der Waals surface area contributed by atoms with Crippen LogP contribution in [0.4, 0.5) is 102 Å². The lowest BCUT2D eigenvalue weighted by molar-refractivity contribution is 1.24. The highest BCUT2D eigenvalue weighted by Crippen LogP contribution is 2.47. The van der Waals surface area contributed by atoms with Crippen LogP contribution < -0.4 is 29.4 Å². The molecule has 17 aromatic carbocycles. The molecule has 0 N–H and O–H groups in total. The molecule has 0 saturated heterocycles. The number of benzene rings is 17. The molecule has 0 aliphatic rings. The van der Waals surface area contributed by atoms with Gasteiger partial charge in [-0.1, -0.05) is 318 Å². The summed E-state index contributed by atoms with van der Waals surface area (Å²) < 4.78 is 3.04. The van der Waals surface area contributed by atoms with Crippen LogP contribution in [0.25, 0.3) is 21.9 Å². The van der Waals surface area contributed by atoms with Crippen molar-refractivity contribution in [3.63, 3.8) is 0 Å². The Kier molecular flexibility index (Phi) is 27.6. The fourth-order valence-electron chi connectivity index (χ4n) is 13.9. The summed E-state index contributed by atoms with van der Waals surface area (Å²) in [5, 5.41) is 2.41. The van der Waals surface area contributed by atoms with Gasteiger partial charge in [-0.15, -0.1) is 0 Å². The van der Waals surface area contributed by atoms with Gasteiger partial charge in [-0.3, -0.25) is 0 Å². The molecule has 0 heterocycles. The van der Waals surface area contributed by atoms with Crippen molar-refractivity contribution in [2.24, 2.45) is 0 Å². The lowest BCUT2D eigenvalue weighted by Gasteiger charge is -2.30. The van der Waals surface area contributed by atoms with Gasteiger partial charge in [0.15, 0.2) is 0 Å². The van der Waals surface area contributed by atoms with Crippen LogP contribution in [0.1, 0.15) is 33.4 Å². The third-order valence-electron chi connectivity index (χ3n) is 19.1. The molecule has 0 spiro atoms. The molecule has 9 heteroatoms. The maximum absolute atomic E-state index is 3.86. The maximum Gasteiger partial charge on any atom is 0.0493 e. The average Bonchev–Trinajstić information content (AvgIpc) is 0.783. The van der Waals surface area contributed by atoms with Gasteiger partial charge in [-0.2, -0.15) is 0 Å². The second-order valence-electron chi connectivity index (χ2n) is 26.8. The van der Waals surface area contributed by atoms with Gasteiger partial charge in [0.2, 0.25) is 0 Å². The Morgan fingerprint density at radius 2 is 0.333 bits per heavy atom. The van der Waals surface area contributed by atoms with E-state index in [0.29, 0.717) is 0 Å². The number of hydrogen-bond donors (Lipinski definition) is 0. The molecular weight excluding hydrogens is 1580 g/mol. The smallest absolute Gasteiger partial charge is 0.0493 e. The summed E-state index contributed by atoms with van der Waals surface area (Å²) in [7, 11) is 0. The van der Waals surface area contributed by atoms with E-state index in [1.165, 1.54) is 33.0 Å². The van der Waals surface area contributed by atoms with Crippen molar-refractivity contribution in [1.82, 2.24) is 0 Å². The molecule has 0 saturated carbocycles. The standard InChI is InChI=1S/C40H29BrN2.C32H27BrN2.C30H23BrN2.3CH4/c41-34-27-39(42(35-15-7-2-8-16-35)36-17-9-3-10-18-36)29-40(28-34)43(37-19-11-4-12-20-37)38-24-23-32-25-31(21-22-33(32)26-38)30-13-5-1-6-14-30;1-24-13-17-29(18-14-24)35(30-19-15-25(2)16-20-30)32-22-26(33)21-31(23-32)34(27-9-5-3-6-10-27)28-11-7-4-8-12-28;31-24-21-29(32(25-13-5-1-6-14-25)26-15-7-2-8-16-26)23-30(22-24)33(27-17-9-3-10-18-27)28-19-11-4-12-20-28;;;/h1-29H;3-23H,1-2H3;1-23H;3*1H4. The van der Waals surface area contributed by atoms with Crippen LogP contribution in [0.5, 0.6) is 0 Å². The van der Waals surface area contributed by atoms with Gasteiger partial charge < -0.3 is 29.4 Å². The third-order valence-corrected chi connectivity index (χ3v) is 20.4. The third kappa shape index (κ3) is 19.6. The van der Waals surface area contributed by atoms with Crippen LogP contribution in [-0.4, -0.2) is 0 Å². The summed E-state index contributed by atoms with van der Waals surface area (Å²) in [6.45, 7) is 4.24. The summed E-state index contributed by atoms with van der Waals surface area (Å²) in [5.74, 6) is 0. The number of anilines is 18. The fraction of sp³-hybridized carbons (Fsp3) is 0.0476. The Morgan fingerprint density at radius 3 is 0.570 bits per heavy atom. The van der Waals surface area contributed by atoms with Crippen molar-refractivity contribution in [2.45, 2.75) is 36.1 Å². The van der Waals surface area contributed by atoms with Crippen molar-refractivity contribution in [2.75, 3.05) is 29.4 Å². The zero-order valence-corrected chi connectivity index (χ0v) is 66.2. The normalized spacial score (nSPS) is 10.5. The van der Waals surface area contributed by atoms with Crippen LogP contribution in [-0.2, 0) is 0 Å².